The maximum Gasteiger partial charge on any atom is 0.318 e. The normalized spacial score (nSPS) is 17.8. The zero-order valence-corrected chi connectivity index (χ0v) is 19.8. The maximum atomic E-state index is 14.8. The lowest BCUT2D eigenvalue weighted by molar-refractivity contribution is 0.0170. The first kappa shape index (κ1) is 25.0. The molecule has 9 heteroatoms. The van der Waals surface area contributed by atoms with E-state index in [0.29, 0.717) is 30.6 Å². The van der Waals surface area contributed by atoms with Crippen molar-refractivity contribution in [3.63, 3.8) is 0 Å². The third-order valence-corrected chi connectivity index (χ3v) is 6.37. The molecule has 4 rings (SSSR count). The molecular weight excluding hydrogens is 479 g/mol. The van der Waals surface area contributed by atoms with Crippen molar-refractivity contribution in [2.45, 2.75) is 37.3 Å². The van der Waals surface area contributed by atoms with Crippen molar-refractivity contribution in [2.24, 2.45) is 0 Å². The van der Waals surface area contributed by atoms with Crippen molar-refractivity contribution < 1.29 is 23.1 Å². The molecule has 1 aromatic heterocycles. The van der Waals surface area contributed by atoms with E-state index in [4.69, 9.17) is 11.6 Å². The number of likely N-dealkylation sites (tertiary alicyclic amines) is 1. The Kier molecular flexibility index (Phi) is 7.05. The fraction of sp³-hybridized carbons (Fsp3) is 0.308. The molecule has 0 radical (unpaired) electrons. The van der Waals surface area contributed by atoms with Crippen molar-refractivity contribution in [1.82, 2.24) is 15.2 Å². The van der Waals surface area contributed by atoms with Crippen LogP contribution in [0.25, 0.3) is 0 Å². The summed E-state index contributed by atoms with van der Waals surface area (Å²) in [5.74, 6) is -4.18. The van der Waals surface area contributed by atoms with Gasteiger partial charge in [0.1, 0.15) is 11.4 Å². The third-order valence-electron chi connectivity index (χ3n) is 6.15. The van der Waals surface area contributed by atoms with Crippen LogP contribution in [0, 0.1) is 5.82 Å². The van der Waals surface area contributed by atoms with E-state index in [0.717, 1.165) is 17.7 Å². The summed E-state index contributed by atoms with van der Waals surface area (Å²) in [6.07, 6.45) is 1.25. The molecule has 1 aliphatic rings. The van der Waals surface area contributed by atoms with Gasteiger partial charge < -0.3 is 15.3 Å². The first-order valence-corrected chi connectivity index (χ1v) is 11.5. The number of amides is 2. The van der Waals surface area contributed by atoms with Crippen LogP contribution in [-0.4, -0.2) is 40.2 Å². The molecule has 1 saturated heterocycles. The molecule has 2 N–H and O–H groups in total. The predicted octanol–water partition coefficient (Wildman–Crippen LogP) is 5.25. The third kappa shape index (κ3) is 5.60. The Labute approximate surface area is 206 Å². The highest BCUT2D eigenvalue weighted by atomic mass is 35.5. The van der Waals surface area contributed by atoms with Crippen molar-refractivity contribution in [3.8, 4) is 0 Å². The number of β-amino-alcohol motifs (C(OH)–C–C–N with tert-alkyl or cyclic N) is 1. The van der Waals surface area contributed by atoms with Gasteiger partial charge in [-0.05, 0) is 47.9 Å². The Morgan fingerprint density at radius 2 is 1.89 bits per heavy atom. The highest BCUT2D eigenvalue weighted by Gasteiger charge is 2.41. The number of rotatable bonds is 6. The first-order valence-electron chi connectivity index (χ1n) is 11.2. The summed E-state index contributed by atoms with van der Waals surface area (Å²) in [7, 11) is 0. The topological polar surface area (TPSA) is 65.5 Å². The van der Waals surface area contributed by atoms with Gasteiger partial charge in [0, 0.05) is 38.2 Å². The lowest BCUT2D eigenvalue weighted by Crippen LogP contribution is -2.53. The summed E-state index contributed by atoms with van der Waals surface area (Å²) in [6, 6.07) is 14.8. The fourth-order valence-corrected chi connectivity index (χ4v) is 4.44. The zero-order valence-electron chi connectivity index (χ0n) is 19.0. The molecule has 2 heterocycles. The Bertz CT molecular complexity index is 1190. The van der Waals surface area contributed by atoms with Gasteiger partial charge in [-0.3, -0.25) is 4.98 Å². The maximum absolute atomic E-state index is 14.8. The quantitative estimate of drug-likeness (QED) is 0.483. The van der Waals surface area contributed by atoms with Gasteiger partial charge in [-0.1, -0.05) is 41.9 Å². The predicted molar refractivity (Wildman–Crippen MR) is 127 cm³/mol. The van der Waals surface area contributed by atoms with Gasteiger partial charge in [-0.25, -0.2) is 18.0 Å². The largest absolute Gasteiger partial charge is 0.391 e. The van der Waals surface area contributed by atoms with Crippen LogP contribution in [0.3, 0.4) is 0 Å². The van der Waals surface area contributed by atoms with Crippen LogP contribution in [0.2, 0.25) is 5.02 Å². The fourth-order valence-electron chi connectivity index (χ4n) is 4.33. The number of carbonyl (C=O) groups excluding carboxylic acids is 1. The summed E-state index contributed by atoms with van der Waals surface area (Å²) in [4.78, 5) is 19.2. The number of nitrogens with zero attached hydrogens (tertiary/aromatic N) is 2. The Hall–Kier alpha value is -3.10. The molecule has 35 heavy (non-hydrogen) atoms. The van der Waals surface area contributed by atoms with Crippen LogP contribution in [0.15, 0.2) is 66.9 Å². The van der Waals surface area contributed by atoms with Gasteiger partial charge in [0.05, 0.1) is 16.8 Å². The van der Waals surface area contributed by atoms with Crippen molar-refractivity contribution in [2.75, 3.05) is 13.1 Å². The number of hydrogen-bond donors (Lipinski definition) is 2. The Morgan fingerprint density at radius 1 is 1.17 bits per heavy atom. The highest BCUT2D eigenvalue weighted by molar-refractivity contribution is 6.30. The van der Waals surface area contributed by atoms with Crippen LogP contribution in [0.4, 0.5) is 18.0 Å². The second kappa shape index (κ2) is 9.87. The molecule has 5 nitrogen and oxygen atoms in total. The summed E-state index contributed by atoms with van der Waals surface area (Å²) in [5, 5.41) is 13.2. The average Bonchev–Trinajstić information content (AvgIpc) is 3.25. The Balaban J connectivity index is 1.93. The number of aliphatic hydroxyl groups excluding tert-OH is 1. The molecule has 2 atom stereocenters. The van der Waals surface area contributed by atoms with E-state index in [9.17, 15) is 23.1 Å². The molecule has 2 amide bonds. The van der Waals surface area contributed by atoms with E-state index in [2.05, 4.69) is 10.3 Å². The van der Waals surface area contributed by atoms with E-state index in [1.807, 2.05) is 30.3 Å². The minimum Gasteiger partial charge on any atom is -0.391 e. The van der Waals surface area contributed by atoms with E-state index in [-0.39, 0.29) is 18.5 Å². The van der Waals surface area contributed by atoms with Gasteiger partial charge in [-0.15, -0.1) is 0 Å². The Morgan fingerprint density at radius 3 is 2.49 bits per heavy atom. The second-order valence-corrected chi connectivity index (χ2v) is 9.30. The van der Waals surface area contributed by atoms with Crippen LogP contribution < -0.4 is 5.32 Å². The van der Waals surface area contributed by atoms with Gasteiger partial charge in [0.15, 0.2) is 0 Å². The molecule has 184 valence electrons. The molecular formula is C26H25ClF3N3O2. The molecule has 2 aromatic carbocycles. The number of pyridine rings is 1. The molecule has 1 aliphatic heterocycles. The van der Waals surface area contributed by atoms with Crippen LogP contribution in [0.1, 0.15) is 35.7 Å². The summed E-state index contributed by atoms with van der Waals surface area (Å²) >= 11 is 6.06. The molecule has 0 spiro atoms. The van der Waals surface area contributed by atoms with E-state index in [1.54, 1.807) is 12.1 Å². The summed E-state index contributed by atoms with van der Waals surface area (Å²) < 4.78 is 43.4. The average molecular weight is 504 g/mol. The molecule has 0 saturated carbocycles. The number of carbonyl (C=O) groups is 1. The van der Waals surface area contributed by atoms with Crippen molar-refractivity contribution in [3.05, 3.63) is 100 Å². The van der Waals surface area contributed by atoms with E-state index >= 15 is 0 Å². The summed E-state index contributed by atoms with van der Waals surface area (Å²) in [6.45, 7) is 1.14. The number of nitrogens with one attached hydrogen (secondary N) is 1. The minimum atomic E-state index is -3.31. The number of aromatic nitrogens is 1. The van der Waals surface area contributed by atoms with Gasteiger partial charge >= 0.3 is 6.03 Å². The molecule has 2 unspecified atom stereocenters. The number of aliphatic hydroxyl groups is 1. The highest BCUT2D eigenvalue weighted by Crippen LogP contribution is 2.37. The standard InChI is InChI=1S/C26H25ClF3N3O2/c1-25(29,30)18-11-19(13-21(28)12-18)26(14-17-5-3-2-4-6-17,23-8-7-20(27)15-31-23)32-24(35)33-10-9-22(34)16-33/h2-8,11-13,15,22,34H,9-10,14,16H2,1H3,(H,32,35). The second-order valence-electron chi connectivity index (χ2n) is 8.86. The van der Waals surface area contributed by atoms with Crippen molar-refractivity contribution in [1.29, 1.82) is 0 Å². The zero-order chi connectivity index (χ0) is 25.2. The number of alkyl halides is 2. The number of urea groups is 1. The molecule has 0 bridgehead atoms. The number of hydrogen-bond acceptors (Lipinski definition) is 3. The SMILES string of the molecule is CC(F)(F)c1cc(F)cc(C(Cc2ccccc2)(NC(=O)N2CCC(O)C2)c2ccc(Cl)cn2)c1. The van der Waals surface area contributed by atoms with Gasteiger partial charge in [-0.2, -0.15) is 0 Å². The molecule has 1 fully saturated rings. The van der Waals surface area contributed by atoms with Crippen LogP contribution >= 0.6 is 11.6 Å². The first-order chi connectivity index (χ1) is 16.6. The monoisotopic (exact) mass is 503 g/mol. The molecule has 0 aliphatic carbocycles. The lowest BCUT2D eigenvalue weighted by atomic mass is 9.79. The smallest absolute Gasteiger partial charge is 0.318 e. The van der Waals surface area contributed by atoms with Crippen LogP contribution in [-0.2, 0) is 17.9 Å². The number of halogens is 4. The lowest BCUT2D eigenvalue weighted by Gasteiger charge is -2.37. The van der Waals surface area contributed by atoms with E-state index < -0.39 is 35.0 Å². The van der Waals surface area contributed by atoms with E-state index in [1.165, 1.54) is 17.2 Å². The summed E-state index contributed by atoms with van der Waals surface area (Å²) in [5.41, 5.74) is -0.862. The minimum absolute atomic E-state index is 0.1000. The van der Waals surface area contributed by atoms with Crippen LogP contribution in [0.5, 0.6) is 0 Å². The molecule has 3 aromatic rings. The number of benzene rings is 2. The van der Waals surface area contributed by atoms with Gasteiger partial charge in [0.25, 0.3) is 5.92 Å². The van der Waals surface area contributed by atoms with Crippen molar-refractivity contribution >= 4 is 17.6 Å². The van der Waals surface area contributed by atoms with Gasteiger partial charge in [0.2, 0.25) is 0 Å².